The molecule has 0 spiro atoms. The highest BCUT2D eigenvalue weighted by atomic mass is 32.1. The first-order chi connectivity index (χ1) is 12.8. The molecule has 3 nitrogen and oxygen atoms in total. The number of hydrogen-bond acceptors (Lipinski definition) is 4. The zero-order valence-electron chi connectivity index (χ0n) is 13.5. The van der Waals surface area contributed by atoms with Crippen LogP contribution in [0.5, 0.6) is 11.5 Å². The fourth-order valence-corrected chi connectivity index (χ4v) is 2.99. The molecule has 0 saturated carbocycles. The van der Waals surface area contributed by atoms with Crippen LogP contribution in [0.25, 0.3) is 11.1 Å². The summed E-state index contributed by atoms with van der Waals surface area (Å²) in [4.78, 5) is 12.0. The molecule has 0 N–H and O–H groups in total. The molecule has 2 aromatic carbocycles. The number of thiophene rings is 1. The molecule has 3 aromatic rings. The second kappa shape index (κ2) is 7.36. The summed E-state index contributed by atoms with van der Waals surface area (Å²) in [5, 5.41) is 1.58. The monoisotopic (exact) mass is 400 g/mol. The fraction of sp³-hybridized carbons (Fsp3) is 0.0556. The van der Waals surface area contributed by atoms with Crippen molar-refractivity contribution in [2.24, 2.45) is 0 Å². The molecular formula is C18H9F5O3S. The van der Waals surface area contributed by atoms with Crippen molar-refractivity contribution >= 4 is 17.3 Å². The Morgan fingerprint density at radius 2 is 1.41 bits per heavy atom. The molecule has 0 amide bonds. The van der Waals surface area contributed by atoms with Gasteiger partial charge in [-0.2, -0.15) is 8.78 Å². The number of halogens is 5. The van der Waals surface area contributed by atoms with Crippen LogP contribution in [-0.2, 0) is 0 Å². The fourth-order valence-electron chi connectivity index (χ4n) is 2.20. The van der Waals surface area contributed by atoms with Crippen LogP contribution in [0.3, 0.4) is 0 Å². The van der Waals surface area contributed by atoms with E-state index in [9.17, 15) is 26.7 Å². The second-order valence-electron chi connectivity index (χ2n) is 5.22. The summed E-state index contributed by atoms with van der Waals surface area (Å²) in [6.45, 7) is 0. The molecule has 0 saturated heterocycles. The Morgan fingerprint density at radius 3 is 1.96 bits per heavy atom. The quantitative estimate of drug-likeness (QED) is 0.195. The molecule has 0 unspecified atom stereocenters. The van der Waals surface area contributed by atoms with Crippen molar-refractivity contribution in [3.63, 3.8) is 0 Å². The van der Waals surface area contributed by atoms with Gasteiger partial charge in [-0.1, -0.05) is 12.1 Å². The van der Waals surface area contributed by atoms with E-state index < -0.39 is 40.8 Å². The number of hydrogen-bond donors (Lipinski definition) is 0. The molecule has 27 heavy (non-hydrogen) atoms. The summed E-state index contributed by atoms with van der Waals surface area (Å²) in [6.07, 6.45) is 0. The molecule has 0 fully saturated rings. The number of benzene rings is 2. The first-order valence-electron chi connectivity index (χ1n) is 7.30. The van der Waals surface area contributed by atoms with E-state index in [2.05, 4.69) is 4.74 Å². The van der Waals surface area contributed by atoms with Crippen molar-refractivity contribution in [3.8, 4) is 22.6 Å². The molecule has 0 aliphatic carbocycles. The van der Waals surface area contributed by atoms with Crippen LogP contribution in [0.4, 0.5) is 22.0 Å². The van der Waals surface area contributed by atoms with Gasteiger partial charge in [0.2, 0.25) is 34.8 Å². The highest BCUT2D eigenvalue weighted by molar-refractivity contribution is 7.12. The lowest BCUT2D eigenvalue weighted by molar-refractivity contribution is 0.0721. The summed E-state index contributed by atoms with van der Waals surface area (Å²) in [5.41, 5.74) is 1.33. The molecular weight excluding hydrogens is 391 g/mol. The first kappa shape index (κ1) is 18.8. The van der Waals surface area contributed by atoms with E-state index in [4.69, 9.17) is 4.74 Å². The van der Waals surface area contributed by atoms with Crippen LogP contribution >= 0.6 is 11.3 Å². The third-order valence-electron chi connectivity index (χ3n) is 3.59. The van der Waals surface area contributed by atoms with Crippen LogP contribution in [0.2, 0.25) is 0 Å². The summed E-state index contributed by atoms with van der Waals surface area (Å²) in [5.74, 6) is -13.4. The van der Waals surface area contributed by atoms with Crippen molar-refractivity contribution < 1.29 is 36.2 Å². The lowest BCUT2D eigenvalue weighted by atomic mass is 10.1. The predicted molar refractivity (Wildman–Crippen MR) is 87.5 cm³/mol. The standard InChI is InChI=1S/C18H9F5O3S/c1-25-10-4-2-8(3-5-10)9-6-11(27-7-9)18(24)26-17-15(22)13(20)12(19)14(21)16(17)23/h2-7H,1H3. The van der Waals surface area contributed by atoms with Gasteiger partial charge in [-0.05, 0) is 34.7 Å². The van der Waals surface area contributed by atoms with E-state index in [1.54, 1.807) is 29.6 Å². The first-order valence-corrected chi connectivity index (χ1v) is 8.18. The lowest BCUT2D eigenvalue weighted by Gasteiger charge is -2.07. The second-order valence-corrected chi connectivity index (χ2v) is 6.13. The predicted octanol–water partition coefficient (Wildman–Crippen LogP) is 5.34. The minimum atomic E-state index is -2.33. The SMILES string of the molecule is COc1ccc(-c2csc(C(=O)Oc3c(F)c(F)c(F)c(F)c3F)c2)cc1. The number of rotatable bonds is 4. The molecule has 3 rings (SSSR count). The maximum absolute atomic E-state index is 13.6. The lowest BCUT2D eigenvalue weighted by Crippen LogP contribution is -2.12. The summed E-state index contributed by atoms with van der Waals surface area (Å²) >= 11 is 0.893. The van der Waals surface area contributed by atoms with Crippen LogP contribution in [0.1, 0.15) is 9.67 Å². The third kappa shape index (κ3) is 3.50. The van der Waals surface area contributed by atoms with Gasteiger partial charge < -0.3 is 9.47 Å². The minimum absolute atomic E-state index is 0.0789. The molecule has 0 aliphatic heterocycles. The molecule has 0 atom stereocenters. The Labute approximate surface area is 153 Å². The Balaban J connectivity index is 1.87. The number of carbonyl (C=O) groups excluding carboxylic acids is 1. The molecule has 0 bridgehead atoms. The minimum Gasteiger partial charge on any atom is -0.497 e. The normalized spacial score (nSPS) is 10.7. The van der Waals surface area contributed by atoms with Gasteiger partial charge in [0.1, 0.15) is 10.6 Å². The van der Waals surface area contributed by atoms with E-state index in [-0.39, 0.29) is 4.88 Å². The summed E-state index contributed by atoms with van der Waals surface area (Å²) in [6, 6.07) is 8.21. The number of esters is 1. The van der Waals surface area contributed by atoms with Crippen molar-refractivity contribution in [3.05, 3.63) is 69.7 Å². The van der Waals surface area contributed by atoms with E-state index in [1.807, 2.05) is 0 Å². The maximum Gasteiger partial charge on any atom is 0.353 e. The molecule has 140 valence electrons. The van der Waals surface area contributed by atoms with Crippen molar-refractivity contribution in [2.75, 3.05) is 7.11 Å². The largest absolute Gasteiger partial charge is 0.497 e. The number of methoxy groups -OCH3 is 1. The molecule has 1 aromatic heterocycles. The Hall–Kier alpha value is -2.94. The van der Waals surface area contributed by atoms with Crippen molar-refractivity contribution in [1.29, 1.82) is 0 Å². The van der Waals surface area contributed by atoms with Gasteiger partial charge in [0, 0.05) is 0 Å². The van der Waals surface area contributed by atoms with Gasteiger partial charge in [-0.25, -0.2) is 18.0 Å². The van der Waals surface area contributed by atoms with Gasteiger partial charge in [-0.3, -0.25) is 0 Å². The van der Waals surface area contributed by atoms with Crippen LogP contribution in [0, 0.1) is 29.1 Å². The summed E-state index contributed by atoms with van der Waals surface area (Å²) in [7, 11) is 1.51. The van der Waals surface area contributed by atoms with Gasteiger partial charge in [0.05, 0.1) is 7.11 Å². The van der Waals surface area contributed by atoms with E-state index in [1.165, 1.54) is 13.2 Å². The van der Waals surface area contributed by atoms with E-state index in [0.717, 1.165) is 16.9 Å². The zero-order valence-corrected chi connectivity index (χ0v) is 14.3. The summed E-state index contributed by atoms with van der Waals surface area (Å²) < 4.78 is 76.1. The Kier molecular flexibility index (Phi) is 5.13. The Bertz CT molecular complexity index is 986. The average molecular weight is 400 g/mol. The number of carbonyl (C=O) groups is 1. The molecule has 9 heteroatoms. The molecule has 0 aliphatic rings. The van der Waals surface area contributed by atoms with Crippen molar-refractivity contribution in [2.45, 2.75) is 0 Å². The van der Waals surface area contributed by atoms with Gasteiger partial charge in [0.15, 0.2) is 0 Å². The van der Waals surface area contributed by atoms with E-state index in [0.29, 0.717) is 11.3 Å². The highest BCUT2D eigenvalue weighted by Gasteiger charge is 2.29. The maximum atomic E-state index is 13.6. The highest BCUT2D eigenvalue weighted by Crippen LogP contribution is 2.32. The number of ether oxygens (including phenoxy) is 2. The third-order valence-corrected chi connectivity index (χ3v) is 4.50. The topological polar surface area (TPSA) is 35.5 Å². The zero-order chi connectivity index (χ0) is 19.7. The van der Waals surface area contributed by atoms with Gasteiger partial charge >= 0.3 is 5.97 Å². The average Bonchev–Trinajstić information content (AvgIpc) is 3.18. The van der Waals surface area contributed by atoms with Crippen LogP contribution in [-0.4, -0.2) is 13.1 Å². The van der Waals surface area contributed by atoms with E-state index >= 15 is 0 Å². The Morgan fingerprint density at radius 1 is 0.852 bits per heavy atom. The molecule has 0 radical (unpaired) electrons. The van der Waals surface area contributed by atoms with Gasteiger partial charge in [-0.15, -0.1) is 11.3 Å². The van der Waals surface area contributed by atoms with Gasteiger partial charge in [0.25, 0.3) is 0 Å². The van der Waals surface area contributed by atoms with Crippen LogP contribution in [0.15, 0.2) is 35.7 Å². The smallest absolute Gasteiger partial charge is 0.353 e. The molecule has 1 heterocycles. The van der Waals surface area contributed by atoms with Crippen LogP contribution < -0.4 is 9.47 Å². The van der Waals surface area contributed by atoms with Crippen molar-refractivity contribution in [1.82, 2.24) is 0 Å².